The number of aromatic nitrogens is 3. The molecule has 0 aliphatic carbocycles. The maximum Gasteiger partial charge on any atom is 0.170 e. The Kier molecular flexibility index (Phi) is 4.66. The van der Waals surface area contributed by atoms with Crippen molar-refractivity contribution in [1.29, 1.82) is 0 Å². The molecule has 19 heavy (non-hydrogen) atoms. The number of likely N-dealkylation sites (N-methyl/N-ethyl adjacent to an activating group) is 1. The van der Waals surface area contributed by atoms with E-state index in [-0.39, 0.29) is 17.9 Å². The summed E-state index contributed by atoms with van der Waals surface area (Å²) in [5.74, 6) is 0.810. The van der Waals surface area contributed by atoms with Crippen LogP contribution in [-0.4, -0.2) is 57.8 Å². The van der Waals surface area contributed by atoms with E-state index in [0.717, 1.165) is 18.9 Å². The summed E-state index contributed by atoms with van der Waals surface area (Å²) in [6.07, 6.45) is 1.47. The number of hydrogen-bond donors (Lipinski definition) is 0. The number of ether oxygens (including phenoxy) is 1. The Morgan fingerprint density at radius 2 is 2.37 bits per heavy atom. The van der Waals surface area contributed by atoms with Crippen LogP contribution in [0.4, 0.5) is 0 Å². The number of Topliss-reactive ketones (excluding diaryl/α,β-unsaturated/α-hetero) is 1. The highest BCUT2D eigenvalue weighted by atomic mass is 16.5. The lowest BCUT2D eigenvalue weighted by molar-refractivity contribution is -0.135. The summed E-state index contributed by atoms with van der Waals surface area (Å²) in [6.45, 7) is 9.32. The molecule has 2 heterocycles. The zero-order valence-electron chi connectivity index (χ0n) is 11.9. The van der Waals surface area contributed by atoms with Crippen molar-refractivity contribution >= 4 is 5.78 Å². The van der Waals surface area contributed by atoms with Gasteiger partial charge < -0.3 is 4.74 Å². The first-order chi connectivity index (χ1) is 9.11. The van der Waals surface area contributed by atoms with Crippen LogP contribution in [0.5, 0.6) is 0 Å². The fourth-order valence-corrected chi connectivity index (χ4v) is 2.29. The number of morpholine rings is 1. The lowest BCUT2D eigenvalue weighted by Gasteiger charge is -2.31. The second-order valence-electron chi connectivity index (χ2n) is 5.11. The van der Waals surface area contributed by atoms with Crippen LogP contribution in [0.3, 0.4) is 0 Å². The second-order valence-corrected chi connectivity index (χ2v) is 5.11. The SMILES string of the molecule is CCN1CCOC(C(=O)Cc2ncnn2C(C)C)C1. The molecule has 0 N–H and O–H groups in total. The fourth-order valence-electron chi connectivity index (χ4n) is 2.29. The first kappa shape index (κ1) is 14.1. The first-order valence-corrected chi connectivity index (χ1v) is 6.86. The van der Waals surface area contributed by atoms with E-state index in [1.54, 1.807) is 4.68 Å². The van der Waals surface area contributed by atoms with Crippen LogP contribution in [0.2, 0.25) is 0 Å². The van der Waals surface area contributed by atoms with Crippen molar-refractivity contribution in [1.82, 2.24) is 19.7 Å². The van der Waals surface area contributed by atoms with Crippen molar-refractivity contribution in [2.45, 2.75) is 39.3 Å². The number of hydrogen-bond acceptors (Lipinski definition) is 5. The quantitative estimate of drug-likeness (QED) is 0.785. The third kappa shape index (κ3) is 3.39. The maximum absolute atomic E-state index is 12.3. The minimum atomic E-state index is -0.328. The summed E-state index contributed by atoms with van der Waals surface area (Å²) in [7, 11) is 0. The molecule has 0 radical (unpaired) electrons. The topological polar surface area (TPSA) is 60.2 Å². The molecule has 106 valence electrons. The zero-order chi connectivity index (χ0) is 13.8. The second kappa shape index (κ2) is 6.25. The van der Waals surface area contributed by atoms with Crippen LogP contribution in [0.25, 0.3) is 0 Å². The lowest BCUT2D eigenvalue weighted by Crippen LogP contribution is -2.46. The molecule has 0 spiro atoms. The van der Waals surface area contributed by atoms with Gasteiger partial charge in [0.25, 0.3) is 0 Å². The average Bonchev–Trinajstić information content (AvgIpc) is 2.87. The predicted octanol–water partition coefficient (Wildman–Crippen LogP) is 0.691. The van der Waals surface area contributed by atoms with E-state index in [4.69, 9.17) is 4.74 Å². The molecule has 2 rings (SSSR count). The van der Waals surface area contributed by atoms with E-state index in [1.165, 1.54) is 6.33 Å². The van der Waals surface area contributed by atoms with Gasteiger partial charge in [-0.15, -0.1) is 0 Å². The van der Waals surface area contributed by atoms with Gasteiger partial charge in [-0.25, -0.2) is 9.67 Å². The molecular weight excluding hydrogens is 244 g/mol. The molecule has 0 saturated carbocycles. The van der Waals surface area contributed by atoms with Crippen molar-refractivity contribution < 1.29 is 9.53 Å². The Morgan fingerprint density at radius 3 is 3.05 bits per heavy atom. The molecule has 6 heteroatoms. The summed E-state index contributed by atoms with van der Waals surface area (Å²) in [6, 6.07) is 0.213. The molecule has 1 fully saturated rings. The summed E-state index contributed by atoms with van der Waals surface area (Å²) in [5, 5.41) is 4.15. The van der Waals surface area contributed by atoms with E-state index in [9.17, 15) is 4.79 Å². The van der Waals surface area contributed by atoms with Crippen LogP contribution in [0, 0.1) is 0 Å². The van der Waals surface area contributed by atoms with Gasteiger partial charge in [0, 0.05) is 19.1 Å². The van der Waals surface area contributed by atoms with Gasteiger partial charge in [0.15, 0.2) is 5.78 Å². The molecule has 1 aliphatic rings. The Morgan fingerprint density at radius 1 is 1.58 bits per heavy atom. The zero-order valence-corrected chi connectivity index (χ0v) is 11.9. The average molecular weight is 266 g/mol. The number of ketones is 1. The van der Waals surface area contributed by atoms with Crippen molar-refractivity contribution in [3.63, 3.8) is 0 Å². The number of carbonyl (C=O) groups excluding carboxylic acids is 1. The predicted molar refractivity (Wildman–Crippen MR) is 71.0 cm³/mol. The Bertz CT molecular complexity index is 430. The molecule has 1 aromatic heterocycles. The number of rotatable bonds is 5. The maximum atomic E-state index is 12.3. The minimum absolute atomic E-state index is 0.0908. The van der Waals surface area contributed by atoms with Crippen molar-refractivity contribution in [2.75, 3.05) is 26.2 Å². The molecule has 0 bridgehead atoms. The summed E-state index contributed by atoms with van der Waals surface area (Å²) < 4.78 is 7.36. The monoisotopic (exact) mass is 266 g/mol. The molecule has 1 atom stereocenters. The molecule has 1 unspecified atom stereocenters. The molecule has 1 aliphatic heterocycles. The van der Waals surface area contributed by atoms with Crippen LogP contribution < -0.4 is 0 Å². The van der Waals surface area contributed by atoms with Gasteiger partial charge in [-0.1, -0.05) is 6.92 Å². The molecule has 1 saturated heterocycles. The van der Waals surface area contributed by atoms with Gasteiger partial charge >= 0.3 is 0 Å². The van der Waals surface area contributed by atoms with Crippen LogP contribution in [-0.2, 0) is 16.0 Å². The van der Waals surface area contributed by atoms with Crippen molar-refractivity contribution in [3.8, 4) is 0 Å². The van der Waals surface area contributed by atoms with E-state index >= 15 is 0 Å². The Hall–Kier alpha value is -1.27. The van der Waals surface area contributed by atoms with E-state index < -0.39 is 0 Å². The normalized spacial score (nSPS) is 20.9. The van der Waals surface area contributed by atoms with Gasteiger partial charge in [0.2, 0.25) is 0 Å². The first-order valence-electron chi connectivity index (χ1n) is 6.86. The fraction of sp³-hybridized carbons (Fsp3) is 0.769. The summed E-state index contributed by atoms with van der Waals surface area (Å²) >= 11 is 0. The Balaban J connectivity index is 1.98. The standard InChI is InChI=1S/C13H22N4O2/c1-4-16-5-6-19-12(8-16)11(18)7-13-14-9-15-17(13)10(2)3/h9-10,12H,4-8H2,1-3H3. The lowest BCUT2D eigenvalue weighted by atomic mass is 10.1. The third-order valence-electron chi connectivity index (χ3n) is 3.43. The van der Waals surface area contributed by atoms with Crippen LogP contribution in [0.1, 0.15) is 32.6 Å². The third-order valence-corrected chi connectivity index (χ3v) is 3.43. The van der Waals surface area contributed by atoms with Crippen molar-refractivity contribution in [3.05, 3.63) is 12.2 Å². The van der Waals surface area contributed by atoms with Gasteiger partial charge in [0.1, 0.15) is 18.3 Å². The smallest absolute Gasteiger partial charge is 0.170 e. The summed E-state index contributed by atoms with van der Waals surface area (Å²) in [5.41, 5.74) is 0. The van der Waals surface area contributed by atoms with Crippen LogP contribution >= 0.6 is 0 Å². The highest BCUT2D eigenvalue weighted by Crippen LogP contribution is 2.11. The van der Waals surface area contributed by atoms with E-state index in [1.807, 2.05) is 13.8 Å². The molecule has 6 nitrogen and oxygen atoms in total. The molecular formula is C13H22N4O2. The van der Waals surface area contributed by atoms with E-state index in [0.29, 0.717) is 19.6 Å². The van der Waals surface area contributed by atoms with Crippen LogP contribution in [0.15, 0.2) is 6.33 Å². The van der Waals surface area contributed by atoms with E-state index in [2.05, 4.69) is 21.9 Å². The largest absolute Gasteiger partial charge is 0.368 e. The Labute approximate surface area is 113 Å². The summed E-state index contributed by atoms with van der Waals surface area (Å²) in [4.78, 5) is 18.7. The van der Waals surface area contributed by atoms with Crippen molar-refractivity contribution in [2.24, 2.45) is 0 Å². The molecule has 0 aromatic carbocycles. The highest BCUT2D eigenvalue weighted by molar-refractivity contribution is 5.85. The number of nitrogens with zero attached hydrogens (tertiary/aromatic N) is 4. The van der Waals surface area contributed by atoms with Gasteiger partial charge in [-0.3, -0.25) is 9.69 Å². The van der Waals surface area contributed by atoms with Gasteiger partial charge in [0.05, 0.1) is 13.0 Å². The van der Waals surface area contributed by atoms with Gasteiger partial charge in [-0.2, -0.15) is 5.10 Å². The van der Waals surface area contributed by atoms with Gasteiger partial charge in [-0.05, 0) is 20.4 Å². The number of carbonyl (C=O) groups is 1. The highest BCUT2D eigenvalue weighted by Gasteiger charge is 2.27. The molecule has 0 amide bonds. The molecule has 1 aromatic rings. The minimum Gasteiger partial charge on any atom is -0.368 e.